The van der Waals surface area contributed by atoms with E-state index in [-0.39, 0.29) is 17.6 Å². The standard InChI is InChI=1S/C21H22N2O3S2/c1-4-14-6-8-15(9-7-14)23-20(25)18(12-17-11-10-16(5-2)28-17)22(21(23)27)13-19(24)26-3/h6-12H,4-5,13H2,1-3H3/b18-12-. The van der Waals surface area contributed by atoms with E-state index in [1.54, 1.807) is 22.3 Å². The smallest absolute Gasteiger partial charge is 0.325 e. The molecule has 1 aromatic carbocycles. The van der Waals surface area contributed by atoms with Gasteiger partial charge in [-0.25, -0.2) is 0 Å². The summed E-state index contributed by atoms with van der Waals surface area (Å²) >= 11 is 7.17. The van der Waals surface area contributed by atoms with Crippen LogP contribution in [-0.2, 0) is 27.2 Å². The summed E-state index contributed by atoms with van der Waals surface area (Å²) in [6, 6.07) is 11.7. The Labute approximate surface area is 174 Å². The largest absolute Gasteiger partial charge is 0.468 e. The number of ether oxygens (including phenoxy) is 1. The normalized spacial score (nSPS) is 15.6. The Morgan fingerprint density at radius 1 is 1.14 bits per heavy atom. The van der Waals surface area contributed by atoms with Crippen LogP contribution in [0, 0.1) is 0 Å². The molecule has 7 heteroatoms. The average Bonchev–Trinajstić information content (AvgIpc) is 3.26. The highest BCUT2D eigenvalue weighted by Gasteiger charge is 2.40. The molecule has 0 atom stereocenters. The van der Waals surface area contributed by atoms with Gasteiger partial charge >= 0.3 is 5.97 Å². The highest BCUT2D eigenvalue weighted by atomic mass is 32.1. The molecule has 1 aliphatic rings. The van der Waals surface area contributed by atoms with E-state index in [9.17, 15) is 9.59 Å². The minimum Gasteiger partial charge on any atom is -0.468 e. The number of rotatable bonds is 6. The molecule has 0 N–H and O–H groups in total. The van der Waals surface area contributed by atoms with Gasteiger partial charge in [0, 0.05) is 9.75 Å². The summed E-state index contributed by atoms with van der Waals surface area (Å²) in [7, 11) is 1.32. The van der Waals surface area contributed by atoms with Crippen molar-refractivity contribution in [1.82, 2.24) is 4.90 Å². The van der Waals surface area contributed by atoms with Gasteiger partial charge in [-0.15, -0.1) is 11.3 Å². The maximum atomic E-state index is 13.2. The number of nitrogens with zero attached hydrogens (tertiary/aromatic N) is 2. The molecule has 0 saturated carbocycles. The van der Waals surface area contributed by atoms with Gasteiger partial charge in [0.25, 0.3) is 5.91 Å². The topological polar surface area (TPSA) is 49.9 Å². The lowest BCUT2D eigenvalue weighted by molar-refractivity contribution is -0.140. The van der Waals surface area contributed by atoms with Crippen molar-refractivity contribution >= 4 is 52.3 Å². The molecule has 1 amide bonds. The molecule has 1 fully saturated rings. The van der Waals surface area contributed by atoms with E-state index < -0.39 is 5.97 Å². The summed E-state index contributed by atoms with van der Waals surface area (Å²) < 4.78 is 4.79. The van der Waals surface area contributed by atoms with Crippen LogP contribution in [0.15, 0.2) is 42.1 Å². The third-order valence-corrected chi connectivity index (χ3v) is 6.14. The third kappa shape index (κ3) is 4.00. The fourth-order valence-corrected chi connectivity index (χ4v) is 4.17. The van der Waals surface area contributed by atoms with Crippen molar-refractivity contribution in [2.45, 2.75) is 26.7 Å². The monoisotopic (exact) mass is 414 g/mol. The lowest BCUT2D eigenvalue weighted by Gasteiger charge is -2.19. The van der Waals surface area contributed by atoms with Gasteiger partial charge in [0.1, 0.15) is 12.2 Å². The fraction of sp³-hybridized carbons (Fsp3) is 0.286. The molecule has 0 bridgehead atoms. The van der Waals surface area contributed by atoms with E-state index in [4.69, 9.17) is 17.0 Å². The van der Waals surface area contributed by atoms with Crippen molar-refractivity contribution in [3.05, 3.63) is 57.4 Å². The number of thiocarbonyl (C=S) groups is 1. The molecule has 1 saturated heterocycles. The summed E-state index contributed by atoms with van der Waals surface area (Å²) in [6.45, 7) is 4.05. The first-order chi connectivity index (χ1) is 13.5. The molecule has 0 aliphatic carbocycles. The van der Waals surface area contributed by atoms with E-state index in [1.165, 1.54) is 22.5 Å². The number of carbonyl (C=O) groups excluding carboxylic acids is 2. The van der Waals surface area contributed by atoms with Crippen molar-refractivity contribution < 1.29 is 14.3 Å². The van der Waals surface area contributed by atoms with Crippen LogP contribution in [0.4, 0.5) is 5.69 Å². The number of thiophene rings is 1. The third-order valence-electron chi connectivity index (χ3n) is 4.56. The second-order valence-electron chi connectivity index (χ2n) is 6.29. The van der Waals surface area contributed by atoms with Crippen LogP contribution in [0.25, 0.3) is 6.08 Å². The van der Waals surface area contributed by atoms with E-state index in [1.807, 2.05) is 36.4 Å². The molecule has 0 unspecified atom stereocenters. The molecule has 28 heavy (non-hydrogen) atoms. The Morgan fingerprint density at radius 3 is 2.43 bits per heavy atom. The van der Waals surface area contributed by atoms with Crippen LogP contribution < -0.4 is 4.90 Å². The van der Waals surface area contributed by atoms with Gasteiger partial charge in [-0.3, -0.25) is 14.5 Å². The maximum Gasteiger partial charge on any atom is 0.325 e. The van der Waals surface area contributed by atoms with Crippen molar-refractivity contribution in [2.24, 2.45) is 0 Å². The molecule has 2 aromatic rings. The number of amides is 1. The zero-order valence-electron chi connectivity index (χ0n) is 16.1. The molecule has 3 rings (SSSR count). The number of esters is 1. The molecule has 5 nitrogen and oxygen atoms in total. The minimum atomic E-state index is -0.454. The number of methoxy groups -OCH3 is 1. The van der Waals surface area contributed by atoms with Crippen LogP contribution in [0.5, 0.6) is 0 Å². The number of carbonyl (C=O) groups is 2. The first-order valence-corrected chi connectivity index (χ1v) is 10.3. The van der Waals surface area contributed by atoms with E-state index in [0.717, 1.165) is 17.7 Å². The van der Waals surface area contributed by atoms with Crippen molar-refractivity contribution in [1.29, 1.82) is 0 Å². The Hall–Kier alpha value is -2.51. The average molecular weight is 415 g/mol. The second kappa shape index (κ2) is 8.67. The lowest BCUT2D eigenvalue weighted by Crippen LogP contribution is -2.35. The molecule has 1 aliphatic heterocycles. The number of hydrogen-bond donors (Lipinski definition) is 0. The predicted molar refractivity (Wildman–Crippen MR) is 116 cm³/mol. The summed E-state index contributed by atoms with van der Waals surface area (Å²) in [5.74, 6) is -0.700. The zero-order chi connectivity index (χ0) is 20.3. The molecule has 0 spiro atoms. The summed E-state index contributed by atoms with van der Waals surface area (Å²) in [4.78, 5) is 30.3. The summed E-state index contributed by atoms with van der Waals surface area (Å²) in [6.07, 6.45) is 3.64. The molecule has 146 valence electrons. The number of anilines is 1. The van der Waals surface area contributed by atoms with E-state index >= 15 is 0 Å². The summed E-state index contributed by atoms with van der Waals surface area (Å²) in [5.41, 5.74) is 2.24. The highest BCUT2D eigenvalue weighted by molar-refractivity contribution is 7.80. The van der Waals surface area contributed by atoms with Crippen LogP contribution in [0.1, 0.15) is 29.2 Å². The molecule has 0 radical (unpaired) electrons. The summed E-state index contributed by atoms with van der Waals surface area (Å²) in [5, 5.41) is 0.276. The molecule has 1 aromatic heterocycles. The molecule has 2 heterocycles. The number of hydrogen-bond acceptors (Lipinski definition) is 5. The minimum absolute atomic E-state index is 0.109. The molecular weight excluding hydrogens is 392 g/mol. The van der Waals surface area contributed by atoms with Gasteiger partial charge in [0.15, 0.2) is 5.11 Å². The Bertz CT molecular complexity index is 931. The van der Waals surface area contributed by atoms with Gasteiger partial charge < -0.3 is 9.64 Å². The van der Waals surface area contributed by atoms with Gasteiger partial charge in [-0.05, 0) is 61.0 Å². The Morgan fingerprint density at radius 2 is 1.86 bits per heavy atom. The molecular formula is C21H22N2O3S2. The quantitative estimate of drug-likeness (QED) is 0.406. The van der Waals surface area contributed by atoms with E-state index in [0.29, 0.717) is 11.4 Å². The Balaban J connectivity index is 2.00. The first-order valence-electron chi connectivity index (χ1n) is 9.10. The zero-order valence-corrected chi connectivity index (χ0v) is 17.7. The van der Waals surface area contributed by atoms with Crippen molar-refractivity contribution in [3.63, 3.8) is 0 Å². The van der Waals surface area contributed by atoms with Gasteiger partial charge in [0.05, 0.1) is 12.8 Å². The van der Waals surface area contributed by atoms with Gasteiger partial charge in [-0.2, -0.15) is 0 Å². The fourth-order valence-electron chi connectivity index (χ4n) is 2.93. The first kappa shape index (κ1) is 20.2. The van der Waals surface area contributed by atoms with Gasteiger partial charge in [-0.1, -0.05) is 26.0 Å². The second-order valence-corrected chi connectivity index (χ2v) is 7.86. The van der Waals surface area contributed by atoms with Gasteiger partial charge in [0.2, 0.25) is 0 Å². The van der Waals surface area contributed by atoms with Crippen molar-refractivity contribution in [2.75, 3.05) is 18.6 Å². The van der Waals surface area contributed by atoms with Crippen LogP contribution in [0.3, 0.4) is 0 Å². The van der Waals surface area contributed by atoms with Crippen LogP contribution in [-0.4, -0.2) is 35.5 Å². The maximum absolute atomic E-state index is 13.2. The SMILES string of the molecule is CCc1ccc(N2C(=O)/C(=C/c3ccc(CC)s3)N(CC(=O)OC)C2=S)cc1. The van der Waals surface area contributed by atoms with Crippen molar-refractivity contribution in [3.8, 4) is 0 Å². The van der Waals surface area contributed by atoms with Crippen LogP contribution in [0.2, 0.25) is 0 Å². The number of benzene rings is 1. The highest BCUT2D eigenvalue weighted by Crippen LogP contribution is 2.30. The Kier molecular flexibility index (Phi) is 6.26. The lowest BCUT2D eigenvalue weighted by atomic mass is 10.1. The van der Waals surface area contributed by atoms with E-state index in [2.05, 4.69) is 13.8 Å². The predicted octanol–water partition coefficient (Wildman–Crippen LogP) is 4.02. The number of aryl methyl sites for hydroxylation is 2. The van der Waals surface area contributed by atoms with Crippen LogP contribution >= 0.6 is 23.6 Å².